The lowest BCUT2D eigenvalue weighted by Crippen LogP contribution is -2.74. The van der Waals surface area contributed by atoms with Gasteiger partial charge in [0.15, 0.2) is 52.2 Å². The summed E-state index contributed by atoms with van der Waals surface area (Å²) in [7, 11) is 0. The van der Waals surface area contributed by atoms with Crippen LogP contribution in [0.25, 0.3) is 0 Å². The molecule has 0 saturated carbocycles. The minimum absolute atomic E-state index is 0.266. The molecule has 3 aromatic carbocycles. The quantitative estimate of drug-likeness (QED) is 0.0322. The molecule has 0 unspecified atom stereocenters. The molecule has 4 rings (SSSR count). The Morgan fingerprint density at radius 1 is 0.171 bits per heavy atom. The molecule has 0 spiro atoms. The van der Waals surface area contributed by atoms with E-state index in [9.17, 15) is 224 Å². The van der Waals surface area contributed by atoms with Gasteiger partial charge in [-0.2, -0.15) is 250 Å². The van der Waals surface area contributed by atoms with Crippen molar-refractivity contribution in [2.75, 3.05) is 59.1 Å². The van der Waals surface area contributed by atoms with Crippen LogP contribution in [0, 0.1) is 69.8 Å². The van der Waals surface area contributed by atoms with Crippen LogP contribution in [0.5, 0.6) is 17.2 Å². The highest BCUT2D eigenvalue weighted by Crippen LogP contribution is 2.69. The van der Waals surface area contributed by atoms with Crippen LogP contribution in [0.2, 0.25) is 0 Å². The molecule has 0 N–H and O–H groups in total. The van der Waals surface area contributed by atoms with Gasteiger partial charge in [0.1, 0.15) is 0 Å². The van der Waals surface area contributed by atoms with Crippen LogP contribution in [-0.2, 0) is 19.6 Å². The van der Waals surface area contributed by atoms with Crippen molar-refractivity contribution < 1.29 is 291 Å². The molecule has 1 aliphatic heterocycles. The van der Waals surface area contributed by atoms with Gasteiger partial charge in [-0.3, -0.25) is 14.7 Å². The van der Waals surface area contributed by atoms with E-state index in [1.54, 1.807) is 0 Å². The Hall–Kier alpha value is -7.47. The van der Waals surface area contributed by atoms with Gasteiger partial charge in [-0.25, -0.2) is 26.3 Å². The fraction of sp³-hybridized carbons (Fsp3) is 0.700. The van der Waals surface area contributed by atoms with Crippen molar-refractivity contribution in [1.29, 1.82) is 0 Å². The van der Waals surface area contributed by atoms with E-state index in [-0.39, 0.29) is 14.7 Å². The minimum Gasteiger partial charge on any atom is -0.487 e. The van der Waals surface area contributed by atoms with Crippen molar-refractivity contribution in [2.45, 2.75) is 201 Å². The maximum Gasteiger partial charge on any atom is 0.460 e. The Kier molecular flexibility index (Phi) is 31.2. The molecule has 69 heteroatoms. The van der Waals surface area contributed by atoms with Crippen LogP contribution in [0.3, 0.4) is 0 Å². The summed E-state index contributed by atoms with van der Waals surface area (Å²) in [5, 5.41) is 0. The van der Waals surface area contributed by atoms with Gasteiger partial charge in [0.2, 0.25) is 34.9 Å². The monoisotopic (exact) mass is 2040 g/mol. The van der Waals surface area contributed by atoms with E-state index in [0.717, 1.165) is 0 Å². The average molecular weight is 2040 g/mol. The van der Waals surface area contributed by atoms with Crippen LogP contribution in [0.4, 0.5) is 277 Å². The van der Waals surface area contributed by atoms with Gasteiger partial charge in [0, 0.05) is 94.9 Å². The van der Waals surface area contributed by atoms with Crippen molar-refractivity contribution in [3.05, 3.63) is 86.5 Å². The number of benzene rings is 3. The highest BCUT2D eigenvalue weighted by Gasteiger charge is 2.99. The number of rotatable bonds is 39. The molecule has 1 aliphatic rings. The second-order valence-corrected chi connectivity index (χ2v) is 26.8. The maximum atomic E-state index is 15.8. The van der Waals surface area contributed by atoms with E-state index in [0.29, 0.717) is 0 Å². The predicted molar refractivity (Wildman–Crippen MR) is 291 cm³/mol. The van der Waals surface area contributed by atoms with E-state index >= 15 is 52.7 Å². The fourth-order valence-corrected chi connectivity index (χ4v) is 10.6. The Balaban J connectivity index is 1.76. The van der Waals surface area contributed by atoms with E-state index in [1.807, 2.05) is 0 Å². The summed E-state index contributed by atoms with van der Waals surface area (Å²) in [5.74, 6) is -225. The second kappa shape index (κ2) is 35.4. The number of ether oxygens (including phenoxy) is 3. The number of alkyl halides is 51. The molecule has 1 fully saturated rings. The Morgan fingerprint density at radius 3 is 0.426 bits per heavy atom. The first kappa shape index (κ1) is 114. The normalized spacial score (nSPS) is 16.6. The molecule has 0 atom stereocenters. The van der Waals surface area contributed by atoms with Crippen molar-refractivity contribution in [1.82, 2.24) is 14.7 Å². The lowest BCUT2D eigenvalue weighted by atomic mass is 9.88. The minimum atomic E-state index is -9.14. The zero-order valence-corrected chi connectivity index (χ0v) is 60.1. The molecule has 1 saturated heterocycles. The molecule has 0 radical (unpaired) electrons. The molecule has 6 nitrogen and oxygen atoms in total. The highest BCUT2D eigenvalue weighted by atomic mass is 19.5. The summed E-state index contributed by atoms with van der Waals surface area (Å²) in [6, 6.07) is 0. The van der Waals surface area contributed by atoms with E-state index in [1.165, 1.54) is 0 Å². The van der Waals surface area contributed by atoms with Crippen molar-refractivity contribution in [2.24, 2.45) is 0 Å². The van der Waals surface area contributed by atoms with Gasteiger partial charge in [0.05, 0.1) is 19.8 Å². The fourth-order valence-electron chi connectivity index (χ4n) is 10.6. The lowest BCUT2D eigenvalue weighted by Gasteiger charge is -2.42. The zero-order chi connectivity index (χ0) is 102. The van der Waals surface area contributed by atoms with Crippen LogP contribution in [0.1, 0.15) is 55.2 Å². The number of halogens is 63. The third-order valence-electron chi connectivity index (χ3n) is 18.3. The van der Waals surface area contributed by atoms with Gasteiger partial charge in [-0.1, -0.05) is 0 Å². The summed E-state index contributed by atoms with van der Waals surface area (Å²) in [6.07, 6.45) is -42.2. The van der Waals surface area contributed by atoms with Gasteiger partial charge >= 0.3 is 143 Å². The number of hydrogen-bond donors (Lipinski definition) is 0. The Bertz CT molecular complexity index is 3910. The predicted octanol–water partition coefficient (Wildman–Crippen LogP) is 24.7. The molecular formula is C60H36F63N3O3. The first-order valence-electron chi connectivity index (χ1n) is 32.6. The van der Waals surface area contributed by atoms with E-state index in [4.69, 9.17) is 0 Å². The molecule has 0 aliphatic carbocycles. The van der Waals surface area contributed by atoms with Crippen molar-refractivity contribution in [3.63, 3.8) is 0 Å². The molecule has 0 aromatic heterocycles. The SMILES string of the molecule is Fc1c(F)c(OCCCC(F)(F)C(F)(F)C(F)(F)C(F)(F)C(F)(F)C(F)(F)C(F)(F)C(F)(F)F)c(F)c(F)c1CN1CCN(Cc2c(F)c(F)c(OCCCC(F)(F)C(F)(F)C(F)(F)C(F)(F)C(F)(F)C(F)(F)C(F)(F)C(F)(F)F)c(F)c2F)CCN(Cc2c(F)c(F)c(OCCCC(F)(F)C(F)(F)C(F)(F)C(F)(F)C(F)(F)C(F)(F)C(F)(F)C(F)(F)F)c(F)c2F)CC1. The standard InChI is InChI=1S/C60H36F63N3O3/c61-22-19(23(62)29(68)34(28(22)67)127-13-1-4-37(73,74)40(79,80)43(85,86)46(91,92)49(97,98)52(103,104)55(109,110)58(115,116)117)16-124-7-9-125(17-20-24(63)30(69)35(31(70)25(20)64)128-14-2-5-38(75,76)41(81,82)44(87,88)47(93,94)50(99,100)53(105,106)56(111,112)59(118,119)120)11-12-126(10-8-124)18-21-26(65)32(71)36(33(72)27(21)66)129-15-3-6-39(77,78)42(83,84)45(89,90)48(95,96)51(101,102)54(107,108)57(113,114)60(121,122)123/h1-18H2. The number of hydrogen-bond acceptors (Lipinski definition) is 6. The van der Waals surface area contributed by atoms with Gasteiger partial charge in [-0.05, 0) is 19.3 Å². The first-order valence-corrected chi connectivity index (χ1v) is 32.6. The van der Waals surface area contributed by atoms with E-state index in [2.05, 4.69) is 14.2 Å². The molecule has 3 aromatic rings. The summed E-state index contributed by atoms with van der Waals surface area (Å²) in [5.41, 5.74) is -6.47. The van der Waals surface area contributed by atoms with Crippen LogP contribution in [0.15, 0.2) is 0 Å². The van der Waals surface area contributed by atoms with Gasteiger partial charge < -0.3 is 14.2 Å². The Morgan fingerprint density at radius 2 is 0.295 bits per heavy atom. The number of nitrogens with zero attached hydrogens (tertiary/aromatic N) is 3. The molecular weight excluding hydrogens is 2010 g/mol. The summed E-state index contributed by atoms with van der Waals surface area (Å²) < 4.78 is 901. The topological polar surface area (TPSA) is 37.4 Å². The third kappa shape index (κ3) is 18.3. The van der Waals surface area contributed by atoms with Crippen molar-refractivity contribution >= 4 is 0 Å². The van der Waals surface area contributed by atoms with Crippen LogP contribution >= 0.6 is 0 Å². The van der Waals surface area contributed by atoms with E-state index < -0.39 is 364 Å². The average Bonchev–Trinajstić information content (AvgIpc) is 0.704. The summed E-state index contributed by atoms with van der Waals surface area (Å²) in [6.45, 7) is -20.7. The first-order chi connectivity index (χ1) is 56.9. The third-order valence-corrected chi connectivity index (χ3v) is 18.3. The molecule has 129 heavy (non-hydrogen) atoms. The van der Waals surface area contributed by atoms with Crippen molar-refractivity contribution in [3.8, 4) is 17.2 Å². The summed E-state index contributed by atoms with van der Waals surface area (Å²) >= 11 is 0. The molecule has 0 bridgehead atoms. The molecule has 0 amide bonds. The zero-order valence-electron chi connectivity index (χ0n) is 60.1. The van der Waals surface area contributed by atoms with Gasteiger partial charge in [0.25, 0.3) is 0 Å². The molecule has 1 heterocycles. The second-order valence-electron chi connectivity index (χ2n) is 26.8. The van der Waals surface area contributed by atoms with Gasteiger partial charge in [-0.15, -0.1) is 0 Å². The summed E-state index contributed by atoms with van der Waals surface area (Å²) in [4.78, 5) is 0.797. The highest BCUT2D eigenvalue weighted by molar-refractivity contribution is 5.37. The largest absolute Gasteiger partial charge is 0.487 e. The van der Waals surface area contributed by atoms with Crippen LogP contribution < -0.4 is 14.2 Å². The smallest absolute Gasteiger partial charge is 0.460 e. The lowest BCUT2D eigenvalue weighted by molar-refractivity contribution is -0.461. The molecule has 750 valence electrons. The van der Waals surface area contributed by atoms with Crippen LogP contribution in [-0.4, -0.2) is 217 Å². The maximum absolute atomic E-state index is 15.8. The Labute approximate surface area is 669 Å².